The lowest BCUT2D eigenvalue weighted by molar-refractivity contribution is -0.146. The molecule has 5 heteroatoms. The van der Waals surface area contributed by atoms with Crippen molar-refractivity contribution in [3.63, 3.8) is 0 Å². The standard InChI is InChI=1S/C17H16F3NS/c1-11(17(18,19)20)12-4-6-14(7-5-12)22-16-8-9-21-10-15(16)13-2-3-13/h4-11,13H,2-3H2,1H3. The molecule has 0 saturated heterocycles. The predicted octanol–water partition coefficient (Wildman–Crippen LogP) is 5.78. The molecule has 1 heterocycles. The fourth-order valence-electron chi connectivity index (χ4n) is 2.33. The minimum Gasteiger partial charge on any atom is -0.264 e. The van der Waals surface area contributed by atoms with Gasteiger partial charge in [0.25, 0.3) is 0 Å². The summed E-state index contributed by atoms with van der Waals surface area (Å²) in [6, 6.07) is 8.64. The van der Waals surface area contributed by atoms with Gasteiger partial charge in [0.2, 0.25) is 0 Å². The predicted molar refractivity (Wildman–Crippen MR) is 81.2 cm³/mol. The van der Waals surface area contributed by atoms with Gasteiger partial charge in [-0.2, -0.15) is 13.2 Å². The molecule has 116 valence electrons. The number of rotatable bonds is 4. The molecule has 1 aliphatic rings. The van der Waals surface area contributed by atoms with Crippen molar-refractivity contribution < 1.29 is 13.2 Å². The summed E-state index contributed by atoms with van der Waals surface area (Å²) >= 11 is 1.59. The van der Waals surface area contributed by atoms with Crippen LogP contribution in [0.5, 0.6) is 0 Å². The number of hydrogen-bond donors (Lipinski definition) is 0. The molecule has 2 aromatic rings. The van der Waals surface area contributed by atoms with E-state index < -0.39 is 12.1 Å². The van der Waals surface area contributed by atoms with Crippen LogP contribution in [-0.4, -0.2) is 11.2 Å². The second kappa shape index (κ2) is 5.95. The first-order valence-electron chi connectivity index (χ1n) is 7.23. The lowest BCUT2D eigenvalue weighted by Crippen LogP contribution is -2.17. The number of halogens is 3. The minimum absolute atomic E-state index is 0.300. The van der Waals surface area contributed by atoms with Crippen molar-refractivity contribution in [1.29, 1.82) is 0 Å². The maximum Gasteiger partial charge on any atom is 0.395 e. The Bertz CT molecular complexity index is 648. The van der Waals surface area contributed by atoms with Crippen LogP contribution < -0.4 is 0 Å². The molecule has 3 rings (SSSR count). The maximum atomic E-state index is 12.7. The van der Waals surface area contributed by atoms with Crippen LogP contribution in [0.15, 0.2) is 52.5 Å². The van der Waals surface area contributed by atoms with E-state index in [1.807, 2.05) is 12.3 Å². The zero-order valence-electron chi connectivity index (χ0n) is 12.1. The highest BCUT2D eigenvalue weighted by Crippen LogP contribution is 2.45. The molecule has 1 aromatic heterocycles. The van der Waals surface area contributed by atoms with Crippen LogP contribution >= 0.6 is 11.8 Å². The Hall–Kier alpha value is -1.49. The van der Waals surface area contributed by atoms with Gasteiger partial charge in [0.1, 0.15) is 0 Å². The first-order valence-corrected chi connectivity index (χ1v) is 8.05. The van der Waals surface area contributed by atoms with Gasteiger partial charge in [0.15, 0.2) is 0 Å². The molecule has 1 aromatic carbocycles. The van der Waals surface area contributed by atoms with Crippen molar-refractivity contribution in [3.05, 3.63) is 53.9 Å². The smallest absolute Gasteiger partial charge is 0.264 e. The Balaban J connectivity index is 1.77. The molecule has 1 aliphatic carbocycles. The number of benzene rings is 1. The molecule has 0 N–H and O–H groups in total. The summed E-state index contributed by atoms with van der Waals surface area (Å²) in [5, 5.41) is 0. The zero-order chi connectivity index (χ0) is 15.7. The van der Waals surface area contributed by atoms with Gasteiger partial charge in [-0.25, -0.2) is 0 Å². The average molecular weight is 323 g/mol. The van der Waals surface area contributed by atoms with Crippen molar-refractivity contribution >= 4 is 11.8 Å². The van der Waals surface area contributed by atoms with Crippen molar-refractivity contribution in [1.82, 2.24) is 4.98 Å². The minimum atomic E-state index is -4.20. The second-order valence-corrected chi connectivity index (χ2v) is 6.74. The van der Waals surface area contributed by atoms with Gasteiger partial charge >= 0.3 is 6.18 Å². The summed E-state index contributed by atoms with van der Waals surface area (Å²) in [6.45, 7) is 1.19. The molecule has 1 fully saturated rings. The Morgan fingerprint density at radius 3 is 2.41 bits per heavy atom. The molecule has 0 amide bonds. The monoisotopic (exact) mass is 323 g/mol. The van der Waals surface area contributed by atoms with E-state index in [-0.39, 0.29) is 0 Å². The zero-order valence-corrected chi connectivity index (χ0v) is 12.9. The van der Waals surface area contributed by atoms with E-state index in [0.29, 0.717) is 11.5 Å². The van der Waals surface area contributed by atoms with Gasteiger partial charge in [0, 0.05) is 22.2 Å². The number of hydrogen-bond acceptors (Lipinski definition) is 2. The maximum absolute atomic E-state index is 12.7. The molecule has 0 bridgehead atoms. The molecule has 1 atom stereocenters. The van der Waals surface area contributed by atoms with Crippen molar-refractivity contribution in [2.45, 2.75) is 47.6 Å². The molecule has 22 heavy (non-hydrogen) atoms. The molecule has 0 aliphatic heterocycles. The number of nitrogens with zero attached hydrogens (tertiary/aromatic N) is 1. The van der Waals surface area contributed by atoms with E-state index in [0.717, 1.165) is 9.79 Å². The van der Waals surface area contributed by atoms with Crippen LogP contribution in [0, 0.1) is 0 Å². The summed E-state index contributed by atoms with van der Waals surface area (Å²) in [6.07, 6.45) is 1.86. The van der Waals surface area contributed by atoms with Crippen LogP contribution in [0.3, 0.4) is 0 Å². The highest BCUT2D eigenvalue weighted by molar-refractivity contribution is 7.99. The molecule has 1 nitrogen and oxygen atoms in total. The molecule has 1 unspecified atom stereocenters. The SMILES string of the molecule is CC(c1ccc(Sc2ccncc2C2CC2)cc1)C(F)(F)F. The van der Waals surface area contributed by atoms with Crippen molar-refractivity contribution in [3.8, 4) is 0 Å². The van der Waals surface area contributed by atoms with E-state index in [9.17, 15) is 13.2 Å². The average Bonchev–Trinajstić information content (AvgIpc) is 3.32. The van der Waals surface area contributed by atoms with E-state index in [4.69, 9.17) is 0 Å². The fourth-order valence-corrected chi connectivity index (χ4v) is 3.32. The summed E-state index contributed by atoms with van der Waals surface area (Å²) in [5.74, 6) is -0.838. The van der Waals surface area contributed by atoms with Gasteiger partial charge in [-0.1, -0.05) is 23.9 Å². The highest BCUT2D eigenvalue weighted by atomic mass is 32.2. The lowest BCUT2D eigenvalue weighted by atomic mass is 10.0. The Morgan fingerprint density at radius 2 is 1.82 bits per heavy atom. The van der Waals surface area contributed by atoms with Gasteiger partial charge in [0.05, 0.1) is 5.92 Å². The van der Waals surface area contributed by atoms with Crippen LogP contribution in [0.2, 0.25) is 0 Å². The third kappa shape index (κ3) is 3.46. The third-order valence-electron chi connectivity index (χ3n) is 3.93. The quantitative estimate of drug-likeness (QED) is 0.708. The highest BCUT2D eigenvalue weighted by Gasteiger charge is 2.36. The molecular weight excluding hydrogens is 307 g/mol. The number of pyridine rings is 1. The van der Waals surface area contributed by atoms with E-state index in [1.54, 1.807) is 42.2 Å². The Morgan fingerprint density at radius 1 is 1.14 bits per heavy atom. The van der Waals surface area contributed by atoms with E-state index in [1.165, 1.54) is 25.3 Å². The number of aromatic nitrogens is 1. The van der Waals surface area contributed by atoms with Gasteiger partial charge in [-0.3, -0.25) is 4.98 Å². The van der Waals surface area contributed by atoms with Crippen LogP contribution in [0.25, 0.3) is 0 Å². The van der Waals surface area contributed by atoms with Crippen LogP contribution in [-0.2, 0) is 0 Å². The van der Waals surface area contributed by atoms with E-state index in [2.05, 4.69) is 4.98 Å². The fraction of sp³-hybridized carbons (Fsp3) is 0.353. The van der Waals surface area contributed by atoms with E-state index >= 15 is 0 Å². The van der Waals surface area contributed by atoms with Crippen LogP contribution in [0.1, 0.15) is 42.7 Å². The summed E-state index contributed by atoms with van der Waals surface area (Å²) in [5.41, 5.74) is 1.55. The third-order valence-corrected chi connectivity index (χ3v) is 5.03. The van der Waals surface area contributed by atoms with Gasteiger partial charge < -0.3 is 0 Å². The molecule has 0 spiro atoms. The van der Waals surface area contributed by atoms with Crippen LogP contribution in [0.4, 0.5) is 13.2 Å². The summed E-state index contributed by atoms with van der Waals surface area (Å²) < 4.78 is 38.2. The second-order valence-electron chi connectivity index (χ2n) is 5.62. The molecular formula is C17H16F3NS. The van der Waals surface area contributed by atoms with Gasteiger partial charge in [-0.05, 0) is 55.0 Å². The lowest BCUT2D eigenvalue weighted by Gasteiger charge is -2.16. The largest absolute Gasteiger partial charge is 0.395 e. The first-order chi connectivity index (χ1) is 10.4. The number of alkyl halides is 3. The van der Waals surface area contributed by atoms with Crippen molar-refractivity contribution in [2.75, 3.05) is 0 Å². The summed E-state index contributed by atoms with van der Waals surface area (Å²) in [7, 11) is 0. The van der Waals surface area contributed by atoms with Gasteiger partial charge in [-0.15, -0.1) is 0 Å². The molecule has 1 saturated carbocycles. The Labute approximate surface area is 132 Å². The van der Waals surface area contributed by atoms with Crippen molar-refractivity contribution in [2.24, 2.45) is 0 Å². The Kier molecular flexibility index (Phi) is 4.17. The molecule has 0 radical (unpaired) electrons. The first kappa shape index (κ1) is 15.4. The summed E-state index contributed by atoms with van der Waals surface area (Å²) in [4.78, 5) is 6.27. The normalized spacial score (nSPS) is 16.5. The topological polar surface area (TPSA) is 12.9 Å².